The summed E-state index contributed by atoms with van der Waals surface area (Å²) >= 11 is 5.72. The number of nitrogens with one attached hydrogen (secondary N) is 1. The van der Waals surface area contributed by atoms with Gasteiger partial charge < -0.3 is 9.73 Å². The molecule has 3 nitrogen and oxygen atoms in total. The zero-order valence-electron chi connectivity index (χ0n) is 7.42. The molecule has 1 N–H and O–H groups in total. The van der Waals surface area contributed by atoms with Gasteiger partial charge in [0, 0.05) is 11.9 Å². The number of halogens is 1. The predicted octanol–water partition coefficient (Wildman–Crippen LogP) is 2.03. The van der Waals surface area contributed by atoms with Gasteiger partial charge >= 0.3 is 0 Å². The van der Waals surface area contributed by atoms with Gasteiger partial charge in [-0.3, -0.25) is 4.79 Å². The first kappa shape index (κ1) is 10.1. The summed E-state index contributed by atoms with van der Waals surface area (Å²) in [6.07, 6.45) is 3.66. The van der Waals surface area contributed by atoms with Crippen LogP contribution >= 0.6 is 11.6 Å². The Hall–Kier alpha value is -0.960. The number of hydrogen-bond donors (Lipinski definition) is 1. The fourth-order valence-electron chi connectivity index (χ4n) is 0.880. The quantitative estimate of drug-likeness (QED) is 0.758. The van der Waals surface area contributed by atoms with E-state index in [1.807, 2.05) is 6.92 Å². The van der Waals surface area contributed by atoms with Gasteiger partial charge in [-0.2, -0.15) is 0 Å². The fraction of sp³-hybridized carbons (Fsp3) is 0.444. The number of hydrogen-bond acceptors (Lipinski definition) is 2. The Morgan fingerprint density at radius 1 is 1.77 bits per heavy atom. The van der Waals surface area contributed by atoms with Crippen molar-refractivity contribution in [3.63, 3.8) is 0 Å². The van der Waals surface area contributed by atoms with Crippen molar-refractivity contribution < 1.29 is 9.21 Å². The smallest absolute Gasteiger partial charge is 0.254 e. The Bertz CT molecular complexity index is 257. The molecule has 1 amide bonds. The molecule has 0 aliphatic rings. The SMILES string of the molecule is CC(Cl)CCNC(=O)c1ccoc1. The van der Waals surface area contributed by atoms with Gasteiger partial charge in [0.05, 0.1) is 11.8 Å². The number of alkyl halides is 1. The molecule has 1 unspecified atom stereocenters. The highest BCUT2D eigenvalue weighted by molar-refractivity contribution is 6.20. The van der Waals surface area contributed by atoms with Crippen molar-refractivity contribution in [1.82, 2.24) is 5.32 Å². The van der Waals surface area contributed by atoms with E-state index in [0.29, 0.717) is 12.1 Å². The van der Waals surface area contributed by atoms with Crippen LogP contribution in [0.25, 0.3) is 0 Å². The van der Waals surface area contributed by atoms with E-state index in [2.05, 4.69) is 5.32 Å². The zero-order valence-corrected chi connectivity index (χ0v) is 8.17. The Labute approximate surface area is 82.1 Å². The molecular weight excluding hydrogens is 190 g/mol. The van der Waals surface area contributed by atoms with Crippen LogP contribution in [0.5, 0.6) is 0 Å². The molecule has 1 aromatic rings. The summed E-state index contributed by atoms with van der Waals surface area (Å²) in [5.74, 6) is -0.119. The molecule has 1 atom stereocenters. The first-order valence-corrected chi connectivity index (χ1v) is 4.58. The maximum Gasteiger partial charge on any atom is 0.254 e. The van der Waals surface area contributed by atoms with E-state index in [-0.39, 0.29) is 11.3 Å². The minimum Gasteiger partial charge on any atom is -0.472 e. The van der Waals surface area contributed by atoms with Gasteiger partial charge in [0.15, 0.2) is 0 Å². The van der Waals surface area contributed by atoms with Crippen LogP contribution in [0.15, 0.2) is 23.0 Å². The Morgan fingerprint density at radius 2 is 2.54 bits per heavy atom. The van der Waals surface area contributed by atoms with Gasteiger partial charge in [-0.05, 0) is 19.4 Å². The lowest BCUT2D eigenvalue weighted by atomic mass is 10.3. The zero-order chi connectivity index (χ0) is 9.68. The standard InChI is InChI=1S/C9H12ClNO2/c1-7(10)2-4-11-9(12)8-3-5-13-6-8/h3,5-7H,2,4H2,1H3,(H,11,12). The van der Waals surface area contributed by atoms with Crippen LogP contribution in [0.1, 0.15) is 23.7 Å². The average Bonchev–Trinajstić information content (AvgIpc) is 2.55. The molecule has 0 bridgehead atoms. The van der Waals surface area contributed by atoms with Crippen molar-refractivity contribution >= 4 is 17.5 Å². The molecular formula is C9H12ClNO2. The van der Waals surface area contributed by atoms with Gasteiger partial charge in [-0.25, -0.2) is 0 Å². The first-order valence-electron chi connectivity index (χ1n) is 4.14. The Morgan fingerprint density at radius 3 is 3.08 bits per heavy atom. The molecule has 0 saturated carbocycles. The molecule has 1 aromatic heterocycles. The van der Waals surface area contributed by atoms with Gasteiger partial charge in [0.1, 0.15) is 6.26 Å². The summed E-state index contributed by atoms with van der Waals surface area (Å²) in [4.78, 5) is 11.3. The molecule has 4 heteroatoms. The summed E-state index contributed by atoms with van der Waals surface area (Å²) in [7, 11) is 0. The van der Waals surface area contributed by atoms with Crippen LogP contribution in [0.2, 0.25) is 0 Å². The normalized spacial score (nSPS) is 12.5. The van der Waals surface area contributed by atoms with E-state index in [4.69, 9.17) is 16.0 Å². The molecule has 0 radical (unpaired) electrons. The highest BCUT2D eigenvalue weighted by atomic mass is 35.5. The summed E-state index contributed by atoms with van der Waals surface area (Å²) in [6, 6.07) is 1.62. The number of amides is 1. The maximum atomic E-state index is 11.3. The van der Waals surface area contributed by atoms with E-state index in [1.165, 1.54) is 12.5 Å². The third-order valence-electron chi connectivity index (χ3n) is 1.61. The minimum atomic E-state index is -0.119. The van der Waals surface area contributed by atoms with E-state index in [9.17, 15) is 4.79 Å². The molecule has 0 saturated heterocycles. The molecule has 0 spiro atoms. The summed E-state index contributed by atoms with van der Waals surface area (Å²) in [6.45, 7) is 2.49. The minimum absolute atomic E-state index is 0.0876. The lowest BCUT2D eigenvalue weighted by Gasteiger charge is -2.03. The number of rotatable bonds is 4. The van der Waals surface area contributed by atoms with Crippen molar-refractivity contribution in [1.29, 1.82) is 0 Å². The van der Waals surface area contributed by atoms with E-state index >= 15 is 0 Å². The van der Waals surface area contributed by atoms with E-state index in [1.54, 1.807) is 6.07 Å². The molecule has 1 heterocycles. The second kappa shape index (κ2) is 4.92. The van der Waals surface area contributed by atoms with Crippen molar-refractivity contribution in [2.75, 3.05) is 6.54 Å². The highest BCUT2D eigenvalue weighted by Crippen LogP contribution is 2.01. The van der Waals surface area contributed by atoms with Gasteiger partial charge in [-0.15, -0.1) is 11.6 Å². The van der Waals surface area contributed by atoms with Crippen LogP contribution < -0.4 is 5.32 Å². The predicted molar refractivity (Wildman–Crippen MR) is 51.0 cm³/mol. The number of furan rings is 1. The van der Waals surface area contributed by atoms with Gasteiger partial charge in [0.2, 0.25) is 0 Å². The van der Waals surface area contributed by atoms with Crippen LogP contribution in [0, 0.1) is 0 Å². The second-order valence-corrected chi connectivity index (χ2v) is 3.58. The van der Waals surface area contributed by atoms with Crippen molar-refractivity contribution in [3.05, 3.63) is 24.2 Å². The number of carbonyl (C=O) groups is 1. The Kier molecular flexibility index (Phi) is 3.83. The summed E-state index contributed by atoms with van der Waals surface area (Å²) in [5, 5.41) is 2.82. The van der Waals surface area contributed by atoms with Crippen LogP contribution in [0.4, 0.5) is 0 Å². The van der Waals surface area contributed by atoms with Gasteiger partial charge in [-0.1, -0.05) is 0 Å². The highest BCUT2D eigenvalue weighted by Gasteiger charge is 2.05. The molecule has 0 aromatic carbocycles. The van der Waals surface area contributed by atoms with E-state index in [0.717, 1.165) is 6.42 Å². The second-order valence-electron chi connectivity index (χ2n) is 2.84. The molecule has 1 rings (SSSR count). The molecule has 0 aliphatic heterocycles. The number of carbonyl (C=O) groups excluding carboxylic acids is 1. The fourth-order valence-corrected chi connectivity index (χ4v) is 0.989. The lowest BCUT2D eigenvalue weighted by molar-refractivity contribution is 0.0952. The maximum absolute atomic E-state index is 11.3. The summed E-state index contributed by atoms with van der Waals surface area (Å²) < 4.78 is 4.78. The van der Waals surface area contributed by atoms with Crippen molar-refractivity contribution in [2.45, 2.75) is 18.7 Å². The monoisotopic (exact) mass is 201 g/mol. The van der Waals surface area contributed by atoms with E-state index < -0.39 is 0 Å². The Balaban J connectivity index is 2.27. The van der Waals surface area contributed by atoms with Gasteiger partial charge in [0.25, 0.3) is 5.91 Å². The third-order valence-corrected chi connectivity index (χ3v) is 1.83. The molecule has 72 valence electrons. The largest absolute Gasteiger partial charge is 0.472 e. The first-order chi connectivity index (χ1) is 6.20. The third kappa shape index (κ3) is 3.51. The summed E-state index contributed by atoms with van der Waals surface area (Å²) in [5.41, 5.74) is 0.544. The molecule has 13 heavy (non-hydrogen) atoms. The average molecular weight is 202 g/mol. The lowest BCUT2D eigenvalue weighted by Crippen LogP contribution is -2.25. The molecule has 0 aliphatic carbocycles. The molecule has 0 fully saturated rings. The van der Waals surface area contributed by atoms with Crippen LogP contribution in [0.3, 0.4) is 0 Å². The van der Waals surface area contributed by atoms with Crippen LogP contribution in [-0.2, 0) is 0 Å². The topological polar surface area (TPSA) is 42.2 Å². The van der Waals surface area contributed by atoms with Crippen LogP contribution in [-0.4, -0.2) is 17.8 Å². The van der Waals surface area contributed by atoms with Crippen molar-refractivity contribution in [2.24, 2.45) is 0 Å². The van der Waals surface area contributed by atoms with Crippen molar-refractivity contribution in [3.8, 4) is 0 Å².